The molecule has 2 saturated heterocycles. The molecule has 2 unspecified atom stereocenters. The van der Waals surface area contributed by atoms with E-state index >= 15 is 0 Å². The minimum atomic E-state index is 0.661. The van der Waals surface area contributed by atoms with Crippen molar-refractivity contribution in [1.82, 2.24) is 9.88 Å². The summed E-state index contributed by atoms with van der Waals surface area (Å²) in [5, 5.41) is 0. The van der Waals surface area contributed by atoms with Crippen LogP contribution in [-0.4, -0.2) is 36.7 Å². The summed E-state index contributed by atoms with van der Waals surface area (Å²) in [5.41, 5.74) is 1.99. The average Bonchev–Trinajstić information content (AvgIpc) is 2.95. The van der Waals surface area contributed by atoms with E-state index in [0.717, 1.165) is 47.4 Å². The zero-order chi connectivity index (χ0) is 19.3. The van der Waals surface area contributed by atoms with Gasteiger partial charge in [0, 0.05) is 24.7 Å². The van der Waals surface area contributed by atoms with E-state index in [1.807, 2.05) is 25.1 Å². The van der Waals surface area contributed by atoms with Crippen LogP contribution in [0, 0.1) is 24.7 Å². The van der Waals surface area contributed by atoms with Crippen LogP contribution in [0.25, 0.3) is 11.5 Å². The lowest BCUT2D eigenvalue weighted by molar-refractivity contribution is 0.121. The zero-order valence-corrected chi connectivity index (χ0v) is 17.1. The molecule has 4 atom stereocenters. The lowest BCUT2D eigenvalue weighted by atomic mass is 9.68. The number of fused-ring (bicyclic) bond motifs is 1. The van der Waals surface area contributed by atoms with Gasteiger partial charge in [0.2, 0.25) is 5.89 Å². The molecule has 2 aliphatic heterocycles. The number of hydrogen-bond acceptors (Lipinski definition) is 5. The Hall–Kier alpha value is -2.01. The zero-order valence-electron chi connectivity index (χ0n) is 17.1. The lowest BCUT2D eigenvalue weighted by Gasteiger charge is -2.39. The largest absolute Gasteiger partial charge is 0.493 e. The van der Waals surface area contributed by atoms with Crippen LogP contribution in [0.15, 0.2) is 22.6 Å². The van der Waals surface area contributed by atoms with Crippen LogP contribution in [0.5, 0.6) is 11.5 Å². The molecule has 1 aromatic carbocycles. The predicted octanol–water partition coefficient (Wildman–Crippen LogP) is 4.68. The monoisotopic (exact) mass is 382 g/mol. The Morgan fingerprint density at radius 2 is 1.71 bits per heavy atom. The van der Waals surface area contributed by atoms with E-state index in [9.17, 15) is 0 Å². The number of aryl methyl sites for hydroxylation is 1. The summed E-state index contributed by atoms with van der Waals surface area (Å²) in [4.78, 5) is 7.58. The van der Waals surface area contributed by atoms with Gasteiger partial charge in [0.25, 0.3) is 0 Å². The first kappa shape index (κ1) is 18.0. The van der Waals surface area contributed by atoms with Gasteiger partial charge in [0.05, 0.1) is 19.9 Å². The van der Waals surface area contributed by atoms with E-state index in [0.29, 0.717) is 17.4 Å². The van der Waals surface area contributed by atoms with Crippen LogP contribution in [0.4, 0.5) is 0 Å². The van der Waals surface area contributed by atoms with E-state index in [1.165, 1.54) is 38.6 Å². The Morgan fingerprint density at radius 1 is 1.00 bits per heavy atom. The highest BCUT2D eigenvalue weighted by molar-refractivity contribution is 5.60. The summed E-state index contributed by atoms with van der Waals surface area (Å²) in [5.74, 6) is 5.81. The summed E-state index contributed by atoms with van der Waals surface area (Å²) >= 11 is 0. The van der Waals surface area contributed by atoms with E-state index in [1.54, 1.807) is 14.2 Å². The molecule has 0 amide bonds. The summed E-state index contributed by atoms with van der Waals surface area (Å²) in [6.45, 7) is 4.17. The maximum Gasteiger partial charge on any atom is 0.226 e. The molecular weight excluding hydrogens is 352 g/mol. The van der Waals surface area contributed by atoms with Crippen molar-refractivity contribution >= 4 is 0 Å². The average molecular weight is 383 g/mol. The van der Waals surface area contributed by atoms with Gasteiger partial charge in [-0.1, -0.05) is 0 Å². The van der Waals surface area contributed by atoms with Gasteiger partial charge in [0.1, 0.15) is 5.76 Å². The summed E-state index contributed by atoms with van der Waals surface area (Å²) in [6, 6.07) is 6.54. The molecular formula is C23H30N2O3. The fourth-order valence-corrected chi connectivity index (χ4v) is 5.93. The Bertz CT molecular complexity index is 848. The summed E-state index contributed by atoms with van der Waals surface area (Å²) < 4.78 is 16.8. The van der Waals surface area contributed by atoms with Crippen LogP contribution in [-0.2, 0) is 6.54 Å². The van der Waals surface area contributed by atoms with E-state index in [-0.39, 0.29) is 0 Å². The highest BCUT2D eigenvalue weighted by Gasteiger charge is 2.42. The van der Waals surface area contributed by atoms with Crippen LogP contribution < -0.4 is 9.47 Å². The second-order valence-electron chi connectivity index (χ2n) is 8.95. The van der Waals surface area contributed by atoms with Crippen LogP contribution >= 0.6 is 0 Å². The van der Waals surface area contributed by atoms with Crippen molar-refractivity contribution in [3.63, 3.8) is 0 Å². The number of rotatable bonds is 5. The minimum Gasteiger partial charge on any atom is -0.493 e. The Labute approximate surface area is 167 Å². The van der Waals surface area contributed by atoms with Crippen LogP contribution in [0.3, 0.4) is 0 Å². The van der Waals surface area contributed by atoms with Crippen molar-refractivity contribution in [2.24, 2.45) is 17.8 Å². The third-order valence-corrected chi connectivity index (χ3v) is 7.10. The number of benzene rings is 1. The maximum atomic E-state index is 6.05. The number of aromatic nitrogens is 1. The second kappa shape index (κ2) is 7.11. The number of oxazole rings is 1. The SMILES string of the molecule is COc1ccc(-c2nc(CN3CC4C[C@@H]5CC3C[C@H](C4)C5)c(C)o2)cc1OC. The summed E-state index contributed by atoms with van der Waals surface area (Å²) in [6.07, 6.45) is 7.13. The molecule has 3 heterocycles. The molecule has 5 heteroatoms. The first-order valence-corrected chi connectivity index (χ1v) is 10.6. The van der Waals surface area contributed by atoms with Gasteiger partial charge in [-0.2, -0.15) is 0 Å². The molecule has 0 N–H and O–H groups in total. The molecule has 4 bridgehead atoms. The molecule has 2 saturated carbocycles. The maximum absolute atomic E-state index is 6.05. The Balaban J connectivity index is 1.38. The van der Waals surface area contributed by atoms with Gasteiger partial charge in [-0.25, -0.2) is 4.98 Å². The Kier molecular flexibility index (Phi) is 4.58. The van der Waals surface area contributed by atoms with Crippen molar-refractivity contribution in [2.45, 2.75) is 51.6 Å². The van der Waals surface area contributed by atoms with Crippen molar-refractivity contribution in [3.8, 4) is 23.0 Å². The topological polar surface area (TPSA) is 47.7 Å². The van der Waals surface area contributed by atoms with Gasteiger partial charge in [-0.05, 0) is 75.0 Å². The highest BCUT2D eigenvalue weighted by atomic mass is 16.5. The van der Waals surface area contributed by atoms with Crippen LogP contribution in [0.2, 0.25) is 0 Å². The molecule has 0 spiro atoms. The first-order valence-electron chi connectivity index (χ1n) is 10.6. The van der Waals surface area contributed by atoms with E-state index in [4.69, 9.17) is 18.9 Å². The van der Waals surface area contributed by atoms with Crippen LogP contribution in [0.1, 0.15) is 43.6 Å². The van der Waals surface area contributed by atoms with Gasteiger partial charge >= 0.3 is 0 Å². The predicted molar refractivity (Wildman–Crippen MR) is 108 cm³/mol. The third kappa shape index (κ3) is 3.20. The lowest BCUT2D eigenvalue weighted by Crippen LogP contribution is -2.37. The number of hydrogen-bond donors (Lipinski definition) is 0. The molecule has 2 aromatic rings. The second-order valence-corrected chi connectivity index (χ2v) is 8.95. The molecule has 4 fully saturated rings. The minimum absolute atomic E-state index is 0.661. The third-order valence-electron chi connectivity index (χ3n) is 7.10. The van der Waals surface area contributed by atoms with Crippen molar-refractivity contribution in [3.05, 3.63) is 29.7 Å². The molecule has 5 nitrogen and oxygen atoms in total. The molecule has 1 aromatic heterocycles. The normalized spacial score (nSPS) is 29.1. The van der Waals surface area contributed by atoms with Gasteiger partial charge in [-0.15, -0.1) is 0 Å². The molecule has 2 aliphatic carbocycles. The standard InChI is InChI=1S/C23H30N2O3/c1-14-20(13-25-12-17-7-15-6-16(8-17)10-19(25)9-15)24-23(28-14)18-4-5-21(26-2)22(11-18)27-3/h4-5,11,15-17,19H,6-10,12-13H2,1-3H3/t15-,16+,17?,19?. The quantitative estimate of drug-likeness (QED) is 0.752. The van der Waals surface area contributed by atoms with Crippen molar-refractivity contribution in [1.29, 1.82) is 0 Å². The first-order chi connectivity index (χ1) is 13.6. The van der Waals surface area contributed by atoms with Gasteiger partial charge in [-0.3, -0.25) is 4.90 Å². The molecule has 6 rings (SSSR count). The van der Waals surface area contributed by atoms with Gasteiger partial charge in [0.15, 0.2) is 11.5 Å². The van der Waals surface area contributed by atoms with Crippen molar-refractivity contribution < 1.29 is 13.9 Å². The fraction of sp³-hybridized carbons (Fsp3) is 0.609. The number of ether oxygens (including phenoxy) is 2. The van der Waals surface area contributed by atoms with Crippen molar-refractivity contribution in [2.75, 3.05) is 20.8 Å². The molecule has 150 valence electrons. The highest BCUT2D eigenvalue weighted by Crippen LogP contribution is 2.47. The van der Waals surface area contributed by atoms with E-state index < -0.39 is 0 Å². The fourth-order valence-electron chi connectivity index (χ4n) is 5.93. The Morgan fingerprint density at radius 3 is 2.43 bits per heavy atom. The molecule has 0 radical (unpaired) electrons. The number of nitrogens with zero attached hydrogens (tertiary/aromatic N) is 2. The number of methoxy groups -OCH3 is 2. The molecule has 4 aliphatic rings. The van der Waals surface area contributed by atoms with Gasteiger partial charge < -0.3 is 13.9 Å². The van der Waals surface area contributed by atoms with E-state index in [2.05, 4.69) is 4.90 Å². The molecule has 28 heavy (non-hydrogen) atoms. The smallest absolute Gasteiger partial charge is 0.226 e. The summed E-state index contributed by atoms with van der Waals surface area (Å²) in [7, 11) is 3.29.